The first-order chi connectivity index (χ1) is 19.5. The molecule has 1 aliphatic heterocycles. The number of aromatic nitrogens is 2. The number of piperazine rings is 1. The van der Waals surface area contributed by atoms with Crippen LogP contribution >= 0.6 is 0 Å². The van der Waals surface area contributed by atoms with Gasteiger partial charge < -0.3 is 25.6 Å². The monoisotopic (exact) mass is 544 g/mol. The lowest BCUT2D eigenvalue weighted by molar-refractivity contribution is 0.251. The van der Waals surface area contributed by atoms with Crippen molar-refractivity contribution in [3.05, 3.63) is 102 Å². The number of benzene rings is 2. The predicted molar refractivity (Wildman–Crippen MR) is 150 cm³/mol. The molecular weight excluding hydrogens is 514 g/mol. The van der Waals surface area contributed by atoms with Crippen molar-refractivity contribution in [3.8, 4) is 16.9 Å². The zero-order valence-corrected chi connectivity index (χ0v) is 21.9. The number of ether oxygens (including phenoxy) is 1. The van der Waals surface area contributed by atoms with Crippen LogP contribution in [0.5, 0.6) is 5.75 Å². The first-order valence-electron chi connectivity index (χ1n) is 13.1. The number of hydrogen-bond donors (Lipinski definition) is 3. The van der Waals surface area contributed by atoms with Gasteiger partial charge in [0.05, 0.1) is 6.61 Å². The number of halogens is 2. The third kappa shape index (κ3) is 7.09. The minimum absolute atomic E-state index is 0.256. The summed E-state index contributed by atoms with van der Waals surface area (Å²) in [5.41, 5.74) is 3.53. The Morgan fingerprint density at radius 1 is 1.00 bits per heavy atom. The number of rotatable bonds is 9. The minimum atomic E-state index is -0.896. The van der Waals surface area contributed by atoms with Crippen molar-refractivity contribution in [2.24, 2.45) is 0 Å². The molecule has 0 saturated carbocycles. The third-order valence-corrected chi connectivity index (χ3v) is 6.57. The van der Waals surface area contributed by atoms with Crippen LogP contribution in [0.2, 0.25) is 0 Å². The number of anilines is 2. The first kappa shape index (κ1) is 27.0. The summed E-state index contributed by atoms with van der Waals surface area (Å²) < 4.78 is 34.4. The summed E-state index contributed by atoms with van der Waals surface area (Å²) in [4.78, 5) is 22.8. The highest BCUT2D eigenvalue weighted by molar-refractivity contribution is 5.89. The van der Waals surface area contributed by atoms with Gasteiger partial charge in [-0.15, -0.1) is 0 Å². The van der Waals surface area contributed by atoms with Gasteiger partial charge in [0, 0.05) is 63.4 Å². The number of carbonyl (C=O) groups excluding carboxylic acids is 1. The molecule has 8 nitrogen and oxygen atoms in total. The second kappa shape index (κ2) is 13.0. The zero-order valence-electron chi connectivity index (χ0n) is 21.9. The van der Waals surface area contributed by atoms with Gasteiger partial charge in [0.1, 0.15) is 11.6 Å². The molecule has 5 rings (SSSR count). The maximum absolute atomic E-state index is 14.3. The van der Waals surface area contributed by atoms with E-state index in [9.17, 15) is 13.6 Å². The largest absolute Gasteiger partial charge is 0.493 e. The molecule has 1 saturated heterocycles. The number of carbonyl (C=O) groups is 1. The van der Waals surface area contributed by atoms with Gasteiger partial charge in [0.25, 0.3) is 0 Å². The predicted octanol–water partition coefficient (Wildman–Crippen LogP) is 4.77. The summed E-state index contributed by atoms with van der Waals surface area (Å²) in [6.45, 7) is 4.03. The van der Waals surface area contributed by atoms with E-state index >= 15 is 0 Å². The molecule has 3 N–H and O–H groups in total. The lowest BCUT2D eigenvalue weighted by atomic mass is 9.98. The summed E-state index contributed by atoms with van der Waals surface area (Å²) in [7, 11) is 0. The van der Waals surface area contributed by atoms with Crippen LogP contribution in [0.15, 0.2) is 79.3 Å². The Morgan fingerprint density at radius 3 is 2.58 bits per heavy atom. The number of hydrogen-bond acceptors (Lipinski definition) is 6. The van der Waals surface area contributed by atoms with Crippen LogP contribution in [-0.2, 0) is 13.0 Å². The quantitative estimate of drug-likeness (QED) is 0.281. The molecular formula is C30H30F2N6O2. The molecule has 0 aliphatic carbocycles. The molecule has 0 atom stereocenters. The molecule has 4 aromatic rings. The molecule has 3 heterocycles. The molecule has 1 fully saturated rings. The van der Waals surface area contributed by atoms with Gasteiger partial charge in [-0.05, 0) is 76.9 Å². The SMILES string of the molecule is O=C(NCc1cccnc1)Nc1ccc(OCCc2cc(F)c(F)cc2-c2ccnc(N3CCNCC3)c2)cc1. The summed E-state index contributed by atoms with van der Waals surface area (Å²) in [5, 5.41) is 8.86. The van der Waals surface area contributed by atoms with E-state index in [-0.39, 0.29) is 12.6 Å². The highest BCUT2D eigenvalue weighted by Gasteiger charge is 2.16. The van der Waals surface area contributed by atoms with Crippen molar-refractivity contribution >= 4 is 17.5 Å². The van der Waals surface area contributed by atoms with E-state index in [0.29, 0.717) is 35.5 Å². The molecule has 2 aromatic heterocycles. The highest BCUT2D eigenvalue weighted by Crippen LogP contribution is 2.29. The molecule has 1 aliphatic rings. The van der Waals surface area contributed by atoms with Crippen LogP contribution < -0.4 is 25.6 Å². The number of amides is 2. The van der Waals surface area contributed by atoms with Gasteiger partial charge in [-0.2, -0.15) is 0 Å². The van der Waals surface area contributed by atoms with E-state index < -0.39 is 11.6 Å². The summed E-state index contributed by atoms with van der Waals surface area (Å²) in [5.74, 6) is -0.388. The van der Waals surface area contributed by atoms with E-state index in [1.807, 2.05) is 18.2 Å². The first-order valence-corrected chi connectivity index (χ1v) is 13.1. The third-order valence-electron chi connectivity index (χ3n) is 6.57. The molecule has 0 spiro atoms. The standard InChI is InChI=1S/C30H30F2N6O2/c31-27-16-23(26(18-28(27)32)22-7-10-35-29(17-22)38-13-11-33-12-14-38)8-15-40-25-5-3-24(4-6-25)37-30(39)36-20-21-2-1-9-34-19-21/h1-7,9-10,16-19,33H,8,11-15,20H2,(H2,36,37,39). The van der Waals surface area contributed by atoms with Gasteiger partial charge in [0.2, 0.25) is 0 Å². The molecule has 10 heteroatoms. The van der Waals surface area contributed by atoms with Crippen LogP contribution in [0.1, 0.15) is 11.1 Å². The second-order valence-electron chi connectivity index (χ2n) is 9.36. The van der Waals surface area contributed by atoms with Gasteiger partial charge in [0.15, 0.2) is 11.6 Å². The van der Waals surface area contributed by atoms with Crippen molar-refractivity contribution in [2.45, 2.75) is 13.0 Å². The summed E-state index contributed by atoms with van der Waals surface area (Å²) in [6, 6.07) is 16.5. The van der Waals surface area contributed by atoms with Gasteiger partial charge in [-0.3, -0.25) is 4.98 Å². The molecule has 40 heavy (non-hydrogen) atoms. The van der Waals surface area contributed by atoms with Gasteiger partial charge >= 0.3 is 6.03 Å². The minimum Gasteiger partial charge on any atom is -0.493 e. The fraction of sp³-hybridized carbons (Fsp3) is 0.233. The topological polar surface area (TPSA) is 91.4 Å². The van der Waals surface area contributed by atoms with Crippen molar-refractivity contribution in [1.29, 1.82) is 0 Å². The molecule has 0 radical (unpaired) electrons. The van der Waals surface area contributed by atoms with Crippen LogP contribution in [0.4, 0.5) is 25.1 Å². The Morgan fingerprint density at radius 2 is 1.80 bits per heavy atom. The molecule has 2 amide bonds. The highest BCUT2D eigenvalue weighted by atomic mass is 19.2. The Bertz CT molecular complexity index is 1430. The van der Waals surface area contributed by atoms with Crippen LogP contribution in [0.3, 0.4) is 0 Å². The maximum atomic E-state index is 14.3. The van der Waals surface area contributed by atoms with Crippen molar-refractivity contribution < 1.29 is 18.3 Å². The maximum Gasteiger partial charge on any atom is 0.319 e. The summed E-state index contributed by atoms with van der Waals surface area (Å²) >= 11 is 0. The average Bonchev–Trinajstić information content (AvgIpc) is 3.00. The van der Waals surface area contributed by atoms with Crippen molar-refractivity contribution in [2.75, 3.05) is 43.0 Å². The Balaban J connectivity index is 1.19. The van der Waals surface area contributed by atoms with E-state index in [0.717, 1.165) is 43.1 Å². The lowest BCUT2D eigenvalue weighted by Crippen LogP contribution is -2.43. The fourth-order valence-corrected chi connectivity index (χ4v) is 4.49. The fourth-order valence-electron chi connectivity index (χ4n) is 4.49. The number of pyridine rings is 2. The van der Waals surface area contributed by atoms with Crippen LogP contribution in [-0.4, -0.2) is 48.8 Å². The number of nitrogens with zero attached hydrogens (tertiary/aromatic N) is 3. The Labute approximate surface area is 231 Å². The van der Waals surface area contributed by atoms with Crippen LogP contribution in [0.25, 0.3) is 11.1 Å². The smallest absolute Gasteiger partial charge is 0.319 e. The number of nitrogens with one attached hydrogen (secondary N) is 3. The Kier molecular flexibility index (Phi) is 8.77. The lowest BCUT2D eigenvalue weighted by Gasteiger charge is -2.28. The molecule has 2 aromatic carbocycles. The van der Waals surface area contributed by atoms with E-state index in [4.69, 9.17) is 4.74 Å². The summed E-state index contributed by atoms with van der Waals surface area (Å²) in [6.07, 6.45) is 5.43. The van der Waals surface area contributed by atoms with Gasteiger partial charge in [-0.25, -0.2) is 18.6 Å². The normalized spacial score (nSPS) is 13.1. The van der Waals surface area contributed by atoms with Crippen molar-refractivity contribution in [1.82, 2.24) is 20.6 Å². The van der Waals surface area contributed by atoms with E-state index in [1.165, 1.54) is 12.1 Å². The Hall–Kier alpha value is -4.57. The van der Waals surface area contributed by atoms with E-state index in [2.05, 4.69) is 30.8 Å². The molecule has 0 unspecified atom stereocenters. The van der Waals surface area contributed by atoms with E-state index in [1.54, 1.807) is 48.9 Å². The zero-order chi connectivity index (χ0) is 27.7. The van der Waals surface area contributed by atoms with Crippen LogP contribution in [0, 0.1) is 11.6 Å². The second-order valence-corrected chi connectivity index (χ2v) is 9.36. The van der Waals surface area contributed by atoms with Gasteiger partial charge in [-0.1, -0.05) is 6.07 Å². The molecule has 0 bridgehead atoms. The molecule has 206 valence electrons. The van der Waals surface area contributed by atoms with Crippen molar-refractivity contribution in [3.63, 3.8) is 0 Å². The average molecular weight is 545 g/mol. The number of urea groups is 1.